The van der Waals surface area contributed by atoms with Gasteiger partial charge in [0.2, 0.25) is 0 Å². The number of nitrogens with one attached hydrogen (secondary N) is 1. The van der Waals surface area contributed by atoms with Crippen molar-refractivity contribution in [3.63, 3.8) is 0 Å². The van der Waals surface area contributed by atoms with Crippen molar-refractivity contribution >= 4 is 10.8 Å². The first kappa shape index (κ1) is 15.5. The predicted octanol–water partition coefficient (Wildman–Crippen LogP) is 2.47. The van der Waals surface area contributed by atoms with E-state index in [2.05, 4.69) is 19.2 Å². The molecular weight excluding hydrogens is 258 g/mol. The summed E-state index contributed by atoms with van der Waals surface area (Å²) in [7, 11) is 1.26. The van der Waals surface area contributed by atoms with Gasteiger partial charge in [-0.15, -0.1) is 0 Å². The van der Waals surface area contributed by atoms with Crippen LogP contribution in [0.4, 0.5) is 0 Å². The van der Waals surface area contributed by atoms with Gasteiger partial charge in [0.05, 0.1) is 16.6 Å². The monoisotopic (exact) mass is 287 g/mol. The summed E-state index contributed by atoms with van der Waals surface area (Å²) in [5.41, 5.74) is 0. The van der Waals surface area contributed by atoms with E-state index in [9.17, 15) is 4.21 Å². The van der Waals surface area contributed by atoms with E-state index >= 15 is 0 Å². The van der Waals surface area contributed by atoms with Crippen LogP contribution in [0.5, 0.6) is 0 Å². The maximum atomic E-state index is 12.9. The molecule has 2 rings (SSSR count). The fourth-order valence-corrected chi connectivity index (χ4v) is 6.00. The van der Waals surface area contributed by atoms with Gasteiger partial charge in [-0.25, -0.2) is 0 Å². The van der Waals surface area contributed by atoms with Crippen LogP contribution in [0.2, 0.25) is 0 Å². The molecule has 112 valence electrons. The lowest BCUT2D eigenvalue weighted by Gasteiger charge is -2.37. The molecule has 1 aliphatic heterocycles. The Labute approximate surface area is 120 Å². The van der Waals surface area contributed by atoms with Gasteiger partial charge in [-0.3, -0.25) is 4.21 Å². The molecule has 6 atom stereocenters. The zero-order valence-electron chi connectivity index (χ0n) is 12.6. The summed E-state index contributed by atoms with van der Waals surface area (Å²) in [6.45, 7) is 5.12. The molecule has 0 amide bonds. The van der Waals surface area contributed by atoms with Crippen LogP contribution in [-0.2, 0) is 15.5 Å². The number of hydrogen-bond donors (Lipinski definition) is 1. The molecule has 0 radical (unpaired) electrons. The molecule has 2 aliphatic rings. The fourth-order valence-electron chi connectivity index (χ4n) is 3.71. The maximum absolute atomic E-state index is 12.9. The Kier molecular flexibility index (Phi) is 5.85. The molecule has 0 aromatic rings. The van der Waals surface area contributed by atoms with Crippen LogP contribution in [0.3, 0.4) is 0 Å². The van der Waals surface area contributed by atoms with Gasteiger partial charge >= 0.3 is 0 Å². The van der Waals surface area contributed by atoms with Crippen LogP contribution < -0.4 is 5.32 Å². The minimum Gasteiger partial charge on any atom is -0.377 e. The summed E-state index contributed by atoms with van der Waals surface area (Å²) in [5.74, 6) is 0.779. The van der Waals surface area contributed by atoms with Crippen LogP contribution in [0.25, 0.3) is 0 Å². The lowest BCUT2D eigenvalue weighted by molar-refractivity contribution is 0.126. The number of ether oxygens (including phenoxy) is 1. The van der Waals surface area contributed by atoms with Gasteiger partial charge in [0.1, 0.15) is 0 Å². The summed E-state index contributed by atoms with van der Waals surface area (Å²) in [4.78, 5) is 0. The van der Waals surface area contributed by atoms with E-state index in [0.717, 1.165) is 25.4 Å². The highest BCUT2D eigenvalue weighted by molar-refractivity contribution is 7.86. The predicted molar refractivity (Wildman–Crippen MR) is 80.8 cm³/mol. The second-order valence-electron chi connectivity index (χ2n) is 6.13. The highest BCUT2D eigenvalue weighted by Crippen LogP contribution is 2.34. The standard InChI is InChI=1S/C15H29NO2S/c1-4-5-12-6-7-13(16-3)15(10-12)19(17)14-8-9-18-11(14)2/h11-16H,4-10H2,1-3H3. The van der Waals surface area contributed by atoms with E-state index in [4.69, 9.17) is 4.74 Å². The van der Waals surface area contributed by atoms with Crippen molar-refractivity contribution in [1.82, 2.24) is 5.32 Å². The molecule has 4 heteroatoms. The Morgan fingerprint density at radius 3 is 2.63 bits per heavy atom. The second-order valence-corrected chi connectivity index (χ2v) is 8.00. The van der Waals surface area contributed by atoms with Crippen molar-refractivity contribution < 1.29 is 8.95 Å². The summed E-state index contributed by atoms with van der Waals surface area (Å²) < 4.78 is 18.5. The fraction of sp³-hybridized carbons (Fsp3) is 1.00. The Morgan fingerprint density at radius 2 is 2.05 bits per heavy atom. The first-order chi connectivity index (χ1) is 9.17. The summed E-state index contributed by atoms with van der Waals surface area (Å²) in [6, 6.07) is 0.432. The van der Waals surface area contributed by atoms with E-state index < -0.39 is 10.8 Å². The first-order valence-electron chi connectivity index (χ1n) is 7.85. The van der Waals surface area contributed by atoms with Crippen LogP contribution in [0.15, 0.2) is 0 Å². The van der Waals surface area contributed by atoms with Crippen molar-refractivity contribution in [1.29, 1.82) is 0 Å². The molecule has 0 aromatic carbocycles. The average Bonchev–Trinajstić information content (AvgIpc) is 2.84. The third-order valence-corrected chi connectivity index (χ3v) is 7.21. The molecule has 2 fully saturated rings. The number of hydrogen-bond acceptors (Lipinski definition) is 3. The van der Waals surface area contributed by atoms with E-state index in [1.54, 1.807) is 0 Å². The molecule has 1 heterocycles. The van der Waals surface area contributed by atoms with Gasteiger partial charge in [-0.1, -0.05) is 19.8 Å². The van der Waals surface area contributed by atoms with Crippen LogP contribution >= 0.6 is 0 Å². The number of rotatable bonds is 5. The van der Waals surface area contributed by atoms with E-state index in [-0.39, 0.29) is 11.4 Å². The lowest BCUT2D eigenvalue weighted by Crippen LogP contribution is -2.48. The molecule has 3 nitrogen and oxygen atoms in total. The quantitative estimate of drug-likeness (QED) is 0.844. The van der Waals surface area contributed by atoms with E-state index in [1.165, 1.54) is 25.7 Å². The summed E-state index contributed by atoms with van der Waals surface area (Å²) >= 11 is 0. The summed E-state index contributed by atoms with van der Waals surface area (Å²) in [6.07, 6.45) is 7.29. The van der Waals surface area contributed by atoms with Crippen LogP contribution in [0.1, 0.15) is 52.4 Å². The highest BCUT2D eigenvalue weighted by Gasteiger charge is 2.39. The van der Waals surface area contributed by atoms with Crippen LogP contribution in [0, 0.1) is 5.92 Å². The molecule has 0 bridgehead atoms. The summed E-state index contributed by atoms with van der Waals surface area (Å²) in [5, 5.41) is 3.98. The Hall–Kier alpha value is 0.0700. The highest BCUT2D eigenvalue weighted by atomic mass is 32.2. The van der Waals surface area contributed by atoms with Gasteiger partial charge in [-0.2, -0.15) is 0 Å². The second kappa shape index (κ2) is 7.19. The van der Waals surface area contributed by atoms with Crippen molar-refractivity contribution in [2.75, 3.05) is 13.7 Å². The molecule has 1 saturated heterocycles. The van der Waals surface area contributed by atoms with Crippen molar-refractivity contribution in [2.45, 2.75) is 75.0 Å². The van der Waals surface area contributed by atoms with Gasteiger partial charge in [0.15, 0.2) is 0 Å². The van der Waals surface area contributed by atoms with E-state index in [1.807, 2.05) is 7.05 Å². The van der Waals surface area contributed by atoms with Crippen molar-refractivity contribution in [3.05, 3.63) is 0 Å². The van der Waals surface area contributed by atoms with Crippen molar-refractivity contribution in [2.24, 2.45) is 5.92 Å². The van der Waals surface area contributed by atoms with Gasteiger partial charge in [0.25, 0.3) is 0 Å². The smallest absolute Gasteiger partial charge is 0.0691 e. The molecule has 19 heavy (non-hydrogen) atoms. The molecule has 1 aliphatic carbocycles. The first-order valence-corrected chi connectivity index (χ1v) is 9.13. The Balaban J connectivity index is 2.02. The minimum atomic E-state index is -0.754. The molecule has 6 unspecified atom stereocenters. The lowest BCUT2D eigenvalue weighted by atomic mass is 9.83. The molecule has 1 saturated carbocycles. The maximum Gasteiger partial charge on any atom is 0.0691 e. The Bertz CT molecular complexity index is 311. The largest absolute Gasteiger partial charge is 0.377 e. The van der Waals surface area contributed by atoms with Crippen molar-refractivity contribution in [3.8, 4) is 0 Å². The Morgan fingerprint density at radius 1 is 1.26 bits per heavy atom. The molecule has 1 N–H and O–H groups in total. The van der Waals surface area contributed by atoms with Gasteiger partial charge < -0.3 is 10.1 Å². The minimum absolute atomic E-state index is 0.171. The third kappa shape index (κ3) is 3.59. The van der Waals surface area contributed by atoms with Crippen LogP contribution in [-0.4, -0.2) is 40.5 Å². The SMILES string of the molecule is CCCC1CCC(NC)C(S(=O)C2CCOC2C)C1. The zero-order chi connectivity index (χ0) is 13.8. The van der Waals surface area contributed by atoms with Gasteiger partial charge in [0, 0.05) is 23.4 Å². The molecular formula is C15H29NO2S. The zero-order valence-corrected chi connectivity index (χ0v) is 13.4. The normalized spacial score (nSPS) is 41.3. The van der Waals surface area contributed by atoms with Gasteiger partial charge in [-0.05, 0) is 45.6 Å². The molecule has 0 aromatic heterocycles. The molecule has 0 spiro atoms. The van der Waals surface area contributed by atoms with E-state index in [0.29, 0.717) is 11.3 Å². The average molecular weight is 287 g/mol. The topological polar surface area (TPSA) is 38.3 Å². The third-order valence-electron chi connectivity index (χ3n) is 4.87.